The van der Waals surface area contributed by atoms with Gasteiger partial charge in [0.05, 0.1) is 28.4 Å². The first kappa shape index (κ1) is 27.1. The normalized spacial score (nSPS) is 11.3. The average Bonchev–Trinajstić information content (AvgIpc) is 2.93. The molecule has 39 heavy (non-hydrogen) atoms. The molecule has 0 unspecified atom stereocenters. The van der Waals surface area contributed by atoms with Crippen molar-refractivity contribution in [3.8, 4) is 28.7 Å². The van der Waals surface area contributed by atoms with Gasteiger partial charge in [0.1, 0.15) is 28.0 Å². The number of phenols is 1. The number of carbonyl (C=O) groups excluding carboxylic acids is 1. The van der Waals surface area contributed by atoms with Gasteiger partial charge in [-0.05, 0) is 72.2 Å². The largest absolute Gasteiger partial charge is 0.507 e. The maximum atomic E-state index is 13.5. The first-order valence-electron chi connectivity index (χ1n) is 11.9. The van der Waals surface area contributed by atoms with Crippen molar-refractivity contribution in [1.29, 1.82) is 0 Å². The standard InChI is InChI=1S/C31H28O8/c1-18-14-22(33)30-28(15-18)39-25(13-9-20-8-12-24(36-3)27(17-20)38-5)29(31(30)34)21(32)10-6-19-7-11-23(35-2)26(16-19)37-4/h6-17,33H,1-5H3/b10-6+,13-9+. The van der Waals surface area contributed by atoms with Crippen molar-refractivity contribution in [2.24, 2.45) is 0 Å². The van der Waals surface area contributed by atoms with Crippen molar-refractivity contribution in [3.05, 3.63) is 92.8 Å². The lowest BCUT2D eigenvalue weighted by Gasteiger charge is -2.09. The lowest BCUT2D eigenvalue weighted by Crippen LogP contribution is -2.16. The molecule has 0 saturated carbocycles. The van der Waals surface area contributed by atoms with E-state index in [-0.39, 0.29) is 28.0 Å². The second-order valence-electron chi connectivity index (χ2n) is 8.59. The van der Waals surface area contributed by atoms with Crippen LogP contribution >= 0.6 is 0 Å². The minimum absolute atomic E-state index is 0.0502. The number of ether oxygens (including phenoxy) is 4. The zero-order valence-electron chi connectivity index (χ0n) is 22.2. The molecule has 0 bridgehead atoms. The summed E-state index contributed by atoms with van der Waals surface area (Å²) in [5.74, 6) is 1.33. The van der Waals surface area contributed by atoms with Crippen molar-refractivity contribution in [2.45, 2.75) is 6.92 Å². The highest BCUT2D eigenvalue weighted by Gasteiger charge is 2.20. The van der Waals surface area contributed by atoms with E-state index in [1.54, 1.807) is 74.7 Å². The van der Waals surface area contributed by atoms with E-state index in [1.807, 2.05) is 0 Å². The predicted octanol–water partition coefficient (Wildman–Crippen LogP) is 5.91. The Hall–Kier alpha value is -4.98. The number of hydrogen-bond donors (Lipinski definition) is 1. The van der Waals surface area contributed by atoms with Crippen LogP contribution in [-0.2, 0) is 0 Å². The average molecular weight is 529 g/mol. The SMILES string of the molecule is COc1ccc(/C=C/C(=O)c2c(/C=C/c3ccc(OC)c(OC)c3)oc3cc(C)cc(O)c3c2=O)cc1OC. The molecule has 0 atom stereocenters. The lowest BCUT2D eigenvalue weighted by atomic mass is 10.0. The monoisotopic (exact) mass is 528 g/mol. The van der Waals surface area contributed by atoms with Gasteiger partial charge in [-0.3, -0.25) is 9.59 Å². The quantitative estimate of drug-likeness (QED) is 0.211. The van der Waals surface area contributed by atoms with Crippen LogP contribution in [0.4, 0.5) is 0 Å². The third-order valence-electron chi connectivity index (χ3n) is 6.06. The van der Waals surface area contributed by atoms with E-state index in [1.165, 1.54) is 33.5 Å². The number of rotatable bonds is 9. The second kappa shape index (κ2) is 11.6. The molecule has 4 rings (SSSR count). The van der Waals surface area contributed by atoms with Crippen LogP contribution in [0.15, 0.2) is 63.8 Å². The number of allylic oxidation sites excluding steroid dienone is 1. The van der Waals surface area contributed by atoms with Gasteiger partial charge in [0.15, 0.2) is 28.8 Å². The van der Waals surface area contributed by atoms with Crippen LogP contribution in [-0.4, -0.2) is 39.3 Å². The fourth-order valence-electron chi connectivity index (χ4n) is 4.14. The summed E-state index contributed by atoms with van der Waals surface area (Å²) in [4.78, 5) is 26.9. The number of fused-ring (bicyclic) bond motifs is 1. The van der Waals surface area contributed by atoms with Crippen molar-refractivity contribution in [3.63, 3.8) is 0 Å². The maximum absolute atomic E-state index is 13.5. The van der Waals surface area contributed by atoms with Crippen molar-refractivity contribution in [2.75, 3.05) is 28.4 Å². The Bertz CT molecular complexity index is 1660. The van der Waals surface area contributed by atoms with E-state index in [2.05, 4.69) is 0 Å². The fraction of sp³-hybridized carbons (Fsp3) is 0.161. The molecule has 0 spiro atoms. The third-order valence-corrected chi connectivity index (χ3v) is 6.06. The van der Waals surface area contributed by atoms with Crippen LogP contribution in [0.5, 0.6) is 28.7 Å². The molecule has 3 aromatic carbocycles. The molecular formula is C31H28O8. The maximum Gasteiger partial charge on any atom is 0.208 e. The summed E-state index contributed by atoms with van der Waals surface area (Å²) in [5, 5.41) is 10.4. The van der Waals surface area contributed by atoms with Crippen LogP contribution in [0.1, 0.15) is 32.8 Å². The summed E-state index contributed by atoms with van der Waals surface area (Å²) in [7, 11) is 6.12. The summed E-state index contributed by atoms with van der Waals surface area (Å²) >= 11 is 0. The Labute approximate surface area is 225 Å². The van der Waals surface area contributed by atoms with Gasteiger partial charge in [0.25, 0.3) is 0 Å². The number of phenolic OH excluding ortho intramolecular Hbond substituents is 1. The highest BCUT2D eigenvalue weighted by Crippen LogP contribution is 2.31. The number of ketones is 1. The summed E-state index contributed by atoms with van der Waals surface area (Å²) in [6, 6.07) is 13.6. The molecule has 4 aromatic rings. The molecule has 8 heteroatoms. The van der Waals surface area contributed by atoms with Gasteiger partial charge in [-0.15, -0.1) is 0 Å². The second-order valence-corrected chi connectivity index (χ2v) is 8.59. The van der Waals surface area contributed by atoms with Crippen molar-refractivity contribution in [1.82, 2.24) is 0 Å². The summed E-state index contributed by atoms with van der Waals surface area (Å²) in [6.07, 6.45) is 6.07. The minimum atomic E-state index is -0.636. The first-order valence-corrected chi connectivity index (χ1v) is 11.9. The molecule has 1 heterocycles. The van der Waals surface area contributed by atoms with Crippen LogP contribution < -0.4 is 24.4 Å². The van der Waals surface area contributed by atoms with Gasteiger partial charge in [0.2, 0.25) is 5.43 Å². The Morgan fingerprint density at radius 3 is 1.90 bits per heavy atom. The van der Waals surface area contributed by atoms with Gasteiger partial charge in [0, 0.05) is 0 Å². The van der Waals surface area contributed by atoms with Crippen molar-refractivity contribution >= 4 is 35.0 Å². The van der Waals surface area contributed by atoms with E-state index >= 15 is 0 Å². The molecule has 0 amide bonds. The number of aryl methyl sites for hydroxylation is 1. The molecule has 1 aromatic heterocycles. The number of benzene rings is 3. The molecule has 0 fully saturated rings. The minimum Gasteiger partial charge on any atom is -0.507 e. The first-order chi connectivity index (χ1) is 18.8. The predicted molar refractivity (Wildman–Crippen MR) is 150 cm³/mol. The van der Waals surface area contributed by atoms with E-state index in [4.69, 9.17) is 23.4 Å². The lowest BCUT2D eigenvalue weighted by molar-refractivity contribution is 0.104. The van der Waals surface area contributed by atoms with E-state index < -0.39 is 11.2 Å². The Kier molecular flexibility index (Phi) is 8.05. The van der Waals surface area contributed by atoms with Crippen LogP contribution in [0, 0.1) is 6.92 Å². The molecule has 0 aliphatic heterocycles. The number of carbonyl (C=O) groups is 1. The van der Waals surface area contributed by atoms with Gasteiger partial charge < -0.3 is 28.5 Å². The number of aromatic hydroxyl groups is 1. The number of hydrogen-bond acceptors (Lipinski definition) is 8. The molecule has 0 radical (unpaired) electrons. The Morgan fingerprint density at radius 1 is 0.769 bits per heavy atom. The zero-order valence-corrected chi connectivity index (χ0v) is 22.2. The zero-order chi connectivity index (χ0) is 28.1. The van der Waals surface area contributed by atoms with Crippen LogP contribution in [0.3, 0.4) is 0 Å². The van der Waals surface area contributed by atoms with Gasteiger partial charge in [-0.1, -0.05) is 24.3 Å². The van der Waals surface area contributed by atoms with E-state index in [0.29, 0.717) is 34.1 Å². The Balaban J connectivity index is 1.82. The fourth-order valence-corrected chi connectivity index (χ4v) is 4.14. The highest BCUT2D eigenvalue weighted by molar-refractivity contribution is 6.10. The topological polar surface area (TPSA) is 104 Å². The van der Waals surface area contributed by atoms with Gasteiger partial charge in [-0.25, -0.2) is 0 Å². The number of methoxy groups -OCH3 is 4. The van der Waals surface area contributed by atoms with Gasteiger partial charge >= 0.3 is 0 Å². The molecule has 0 aliphatic carbocycles. The Morgan fingerprint density at radius 2 is 1.33 bits per heavy atom. The smallest absolute Gasteiger partial charge is 0.208 e. The molecule has 8 nitrogen and oxygen atoms in total. The van der Waals surface area contributed by atoms with Gasteiger partial charge in [-0.2, -0.15) is 0 Å². The summed E-state index contributed by atoms with van der Waals surface area (Å²) in [5.41, 5.74) is 1.40. The van der Waals surface area contributed by atoms with Crippen LogP contribution in [0.25, 0.3) is 29.2 Å². The molecular weight excluding hydrogens is 500 g/mol. The molecule has 0 aliphatic rings. The molecule has 0 saturated heterocycles. The summed E-state index contributed by atoms with van der Waals surface area (Å²) < 4.78 is 27.2. The van der Waals surface area contributed by atoms with Crippen molar-refractivity contribution < 1.29 is 33.3 Å². The van der Waals surface area contributed by atoms with E-state index in [0.717, 1.165) is 5.56 Å². The van der Waals surface area contributed by atoms with Crippen LogP contribution in [0.2, 0.25) is 0 Å². The summed E-state index contributed by atoms with van der Waals surface area (Å²) in [6.45, 7) is 1.77. The molecule has 200 valence electrons. The molecule has 1 N–H and O–H groups in total. The third kappa shape index (κ3) is 5.65. The van der Waals surface area contributed by atoms with E-state index in [9.17, 15) is 14.7 Å². The highest BCUT2D eigenvalue weighted by atomic mass is 16.5.